The molecule has 0 aromatic rings. The number of aliphatic hydroxyl groups excluding tert-OH is 1. The van der Waals surface area contributed by atoms with E-state index in [9.17, 15) is 8.78 Å². The zero-order valence-electron chi connectivity index (χ0n) is 5.50. The van der Waals surface area contributed by atoms with Crippen molar-refractivity contribution in [1.82, 2.24) is 0 Å². The molecule has 0 saturated carbocycles. The van der Waals surface area contributed by atoms with Crippen molar-refractivity contribution in [2.75, 3.05) is 6.61 Å². The minimum atomic E-state index is -3.61. The quantitative estimate of drug-likeness (QED) is 0.431. The van der Waals surface area contributed by atoms with Crippen LogP contribution in [0.3, 0.4) is 0 Å². The molecule has 1 aliphatic rings. The number of ether oxygens (including phenoxy) is 1. The summed E-state index contributed by atoms with van der Waals surface area (Å²) in [6.07, 6.45) is -1.46. The highest BCUT2D eigenvalue weighted by molar-refractivity contribution is 5.05. The van der Waals surface area contributed by atoms with Crippen LogP contribution in [0.4, 0.5) is 8.78 Å². The predicted molar refractivity (Wildman–Crippen MR) is 30.3 cm³/mol. The molecular formula is C5H8F2NO3. The summed E-state index contributed by atoms with van der Waals surface area (Å²) in [7, 11) is 0. The van der Waals surface area contributed by atoms with Crippen LogP contribution in [0.15, 0.2) is 0 Å². The molecule has 2 unspecified atom stereocenters. The number of aliphatic hydroxyl groups is 2. The Hall–Kier alpha value is -0.300. The molecule has 2 atom stereocenters. The molecule has 0 spiro atoms. The van der Waals surface area contributed by atoms with E-state index >= 15 is 0 Å². The summed E-state index contributed by atoms with van der Waals surface area (Å²) in [6, 6.07) is 0. The SMILES string of the molecule is NC1(O)C(CO)O[CH]C1(F)F. The van der Waals surface area contributed by atoms with Gasteiger partial charge in [-0.2, -0.15) is 8.78 Å². The number of nitrogens with two attached hydrogens (primary N) is 1. The van der Waals surface area contributed by atoms with E-state index in [1.54, 1.807) is 0 Å². The summed E-state index contributed by atoms with van der Waals surface area (Å²) in [5, 5.41) is 17.3. The summed E-state index contributed by atoms with van der Waals surface area (Å²) < 4.78 is 29.2. The highest BCUT2D eigenvalue weighted by Gasteiger charge is 2.61. The third-order valence-electron chi connectivity index (χ3n) is 1.57. The predicted octanol–water partition coefficient (Wildman–Crippen LogP) is -1.18. The van der Waals surface area contributed by atoms with Gasteiger partial charge in [-0.1, -0.05) is 0 Å². The maximum Gasteiger partial charge on any atom is 0.320 e. The van der Waals surface area contributed by atoms with E-state index in [4.69, 9.17) is 15.9 Å². The Morgan fingerprint density at radius 3 is 2.36 bits per heavy atom. The van der Waals surface area contributed by atoms with Crippen LogP contribution in [0.5, 0.6) is 0 Å². The molecule has 1 fully saturated rings. The average Bonchev–Trinajstić information content (AvgIpc) is 2.05. The highest BCUT2D eigenvalue weighted by Crippen LogP contribution is 2.38. The number of hydrogen-bond donors (Lipinski definition) is 3. The number of alkyl halides is 2. The Morgan fingerprint density at radius 2 is 2.18 bits per heavy atom. The molecule has 1 saturated heterocycles. The van der Waals surface area contributed by atoms with Crippen molar-refractivity contribution in [2.45, 2.75) is 17.8 Å². The van der Waals surface area contributed by atoms with E-state index in [0.29, 0.717) is 0 Å². The van der Waals surface area contributed by atoms with E-state index in [2.05, 4.69) is 4.74 Å². The molecule has 1 aliphatic heterocycles. The van der Waals surface area contributed by atoms with Gasteiger partial charge in [0.15, 0.2) is 6.61 Å². The third-order valence-corrected chi connectivity index (χ3v) is 1.57. The van der Waals surface area contributed by atoms with Gasteiger partial charge >= 0.3 is 5.92 Å². The van der Waals surface area contributed by atoms with Gasteiger partial charge in [0.1, 0.15) is 6.10 Å². The van der Waals surface area contributed by atoms with E-state index in [-0.39, 0.29) is 6.61 Å². The fraction of sp³-hybridized carbons (Fsp3) is 0.800. The molecule has 4 N–H and O–H groups in total. The molecule has 1 heterocycles. The molecule has 0 amide bonds. The summed E-state index contributed by atoms with van der Waals surface area (Å²) in [4.78, 5) is 0. The van der Waals surface area contributed by atoms with Gasteiger partial charge in [-0.05, 0) is 0 Å². The van der Waals surface area contributed by atoms with Gasteiger partial charge in [0, 0.05) is 0 Å². The molecule has 1 rings (SSSR count). The minimum absolute atomic E-state index is 0.133. The number of halogens is 2. The zero-order chi connectivity index (χ0) is 8.70. The first-order chi connectivity index (χ1) is 4.92. The standard InChI is InChI=1S/C5H8F2NO3/c6-4(7)2-11-3(1-9)5(4,8)10/h2-3,9-10H,1,8H2. The first kappa shape index (κ1) is 8.79. The molecule has 65 valence electrons. The second-order valence-electron chi connectivity index (χ2n) is 2.37. The van der Waals surface area contributed by atoms with Crippen molar-refractivity contribution in [3.8, 4) is 0 Å². The lowest BCUT2D eigenvalue weighted by atomic mass is 10.0. The minimum Gasteiger partial charge on any atom is -0.393 e. The summed E-state index contributed by atoms with van der Waals surface area (Å²) >= 11 is 0. The van der Waals surface area contributed by atoms with Gasteiger partial charge in [-0.3, -0.25) is 5.73 Å². The van der Waals surface area contributed by atoms with Crippen LogP contribution in [0, 0.1) is 6.61 Å². The molecule has 0 aromatic heterocycles. The largest absolute Gasteiger partial charge is 0.393 e. The van der Waals surface area contributed by atoms with E-state index in [1.165, 1.54) is 0 Å². The van der Waals surface area contributed by atoms with E-state index in [1.807, 2.05) is 0 Å². The maximum absolute atomic E-state index is 12.5. The lowest BCUT2D eigenvalue weighted by molar-refractivity contribution is -0.155. The van der Waals surface area contributed by atoms with Gasteiger partial charge in [-0.15, -0.1) is 0 Å². The van der Waals surface area contributed by atoms with Crippen LogP contribution in [-0.2, 0) is 4.74 Å². The highest BCUT2D eigenvalue weighted by atomic mass is 19.3. The number of hydrogen-bond acceptors (Lipinski definition) is 4. The first-order valence-corrected chi connectivity index (χ1v) is 2.91. The molecule has 11 heavy (non-hydrogen) atoms. The fourth-order valence-corrected chi connectivity index (χ4v) is 0.763. The monoisotopic (exact) mass is 168 g/mol. The van der Waals surface area contributed by atoms with Crippen LogP contribution < -0.4 is 5.73 Å². The average molecular weight is 168 g/mol. The molecular weight excluding hydrogens is 160 g/mol. The van der Waals surface area contributed by atoms with Gasteiger partial charge < -0.3 is 14.9 Å². The molecule has 0 aliphatic carbocycles. The number of rotatable bonds is 1. The molecule has 0 bridgehead atoms. The Labute approximate surface area is 61.6 Å². The van der Waals surface area contributed by atoms with Crippen LogP contribution in [-0.4, -0.2) is 34.6 Å². The van der Waals surface area contributed by atoms with Crippen molar-refractivity contribution >= 4 is 0 Å². The second kappa shape index (κ2) is 2.34. The van der Waals surface area contributed by atoms with Gasteiger partial charge in [0.25, 0.3) is 0 Å². The summed E-state index contributed by atoms with van der Waals surface area (Å²) in [5.74, 6) is -3.61. The fourth-order valence-electron chi connectivity index (χ4n) is 0.763. The zero-order valence-corrected chi connectivity index (χ0v) is 5.50. The van der Waals surface area contributed by atoms with Gasteiger partial charge in [0.05, 0.1) is 6.61 Å². The van der Waals surface area contributed by atoms with Crippen LogP contribution in [0.2, 0.25) is 0 Å². The van der Waals surface area contributed by atoms with Crippen molar-refractivity contribution in [3.05, 3.63) is 6.61 Å². The van der Waals surface area contributed by atoms with Crippen molar-refractivity contribution < 1.29 is 23.7 Å². The smallest absolute Gasteiger partial charge is 0.320 e. The summed E-state index contributed by atoms with van der Waals surface area (Å²) in [5.41, 5.74) is 2.00. The first-order valence-electron chi connectivity index (χ1n) is 2.91. The van der Waals surface area contributed by atoms with E-state index < -0.39 is 24.4 Å². The van der Waals surface area contributed by atoms with Gasteiger partial charge in [0.2, 0.25) is 5.72 Å². The Balaban J connectivity index is 2.81. The maximum atomic E-state index is 12.5. The molecule has 4 nitrogen and oxygen atoms in total. The third kappa shape index (κ3) is 1.12. The Bertz CT molecular complexity index is 162. The lowest BCUT2D eigenvalue weighted by Crippen LogP contribution is -2.59. The van der Waals surface area contributed by atoms with Crippen LogP contribution in [0.1, 0.15) is 0 Å². The van der Waals surface area contributed by atoms with E-state index in [0.717, 1.165) is 0 Å². The molecule has 6 heteroatoms. The van der Waals surface area contributed by atoms with Crippen molar-refractivity contribution in [2.24, 2.45) is 5.73 Å². The van der Waals surface area contributed by atoms with Crippen LogP contribution >= 0.6 is 0 Å². The van der Waals surface area contributed by atoms with Gasteiger partial charge in [-0.25, -0.2) is 0 Å². The van der Waals surface area contributed by atoms with Crippen LogP contribution in [0.25, 0.3) is 0 Å². The second-order valence-corrected chi connectivity index (χ2v) is 2.37. The normalized spacial score (nSPS) is 42.8. The lowest BCUT2D eigenvalue weighted by Gasteiger charge is -2.26. The van der Waals surface area contributed by atoms with Crippen molar-refractivity contribution in [1.29, 1.82) is 0 Å². The molecule has 0 aromatic carbocycles. The Morgan fingerprint density at radius 1 is 1.64 bits per heavy atom. The topological polar surface area (TPSA) is 75.7 Å². The van der Waals surface area contributed by atoms with Crippen molar-refractivity contribution in [3.63, 3.8) is 0 Å². The Kier molecular flexibility index (Phi) is 1.87. The molecule has 1 radical (unpaired) electrons. The summed E-state index contributed by atoms with van der Waals surface area (Å²) in [6.45, 7) is -0.618.